The first-order valence-corrected chi connectivity index (χ1v) is 11.8. The molecule has 4 unspecified atom stereocenters. The number of aryl methyl sites for hydroxylation is 1. The van der Waals surface area contributed by atoms with Crippen LogP contribution in [0.4, 0.5) is 10.5 Å². The molecule has 2 saturated heterocycles. The number of hydrogen-bond acceptors (Lipinski definition) is 5. The molecule has 2 aliphatic heterocycles. The zero-order valence-electron chi connectivity index (χ0n) is 18.8. The molecular formula is C24H30N4O5. The number of urea groups is 1. The SMILES string of the molecule is Cc1ccc(NC(=O)CN2C(=O)N(CC(=O)NC3CC3)C(=O)C3OC4CCCCC4C32)cc1. The van der Waals surface area contributed by atoms with Gasteiger partial charge in [-0.05, 0) is 44.7 Å². The van der Waals surface area contributed by atoms with Gasteiger partial charge >= 0.3 is 6.03 Å². The highest BCUT2D eigenvalue weighted by atomic mass is 16.5. The van der Waals surface area contributed by atoms with Crippen molar-refractivity contribution in [3.05, 3.63) is 29.8 Å². The highest BCUT2D eigenvalue weighted by Crippen LogP contribution is 2.42. The van der Waals surface area contributed by atoms with Gasteiger partial charge in [-0.3, -0.25) is 19.3 Å². The van der Waals surface area contributed by atoms with Gasteiger partial charge in [0.1, 0.15) is 13.1 Å². The molecule has 4 atom stereocenters. The molecule has 9 heteroatoms. The predicted octanol–water partition coefficient (Wildman–Crippen LogP) is 1.80. The molecule has 0 spiro atoms. The van der Waals surface area contributed by atoms with E-state index in [9.17, 15) is 19.2 Å². The second-order valence-corrected chi connectivity index (χ2v) is 9.62. The van der Waals surface area contributed by atoms with Gasteiger partial charge in [0, 0.05) is 17.6 Å². The van der Waals surface area contributed by atoms with Gasteiger partial charge in [0.05, 0.1) is 12.1 Å². The van der Waals surface area contributed by atoms with E-state index in [4.69, 9.17) is 4.74 Å². The minimum absolute atomic E-state index is 0.0197. The van der Waals surface area contributed by atoms with Crippen molar-refractivity contribution >= 4 is 29.4 Å². The Bertz CT molecular complexity index is 960. The first-order chi connectivity index (χ1) is 15.9. The van der Waals surface area contributed by atoms with Crippen LogP contribution in [0.3, 0.4) is 0 Å². The van der Waals surface area contributed by atoms with Gasteiger partial charge in [0.15, 0.2) is 6.10 Å². The summed E-state index contributed by atoms with van der Waals surface area (Å²) in [7, 11) is 0. The van der Waals surface area contributed by atoms with Crippen LogP contribution in [0, 0.1) is 12.8 Å². The normalized spacial score (nSPS) is 28.9. The van der Waals surface area contributed by atoms with Crippen molar-refractivity contribution in [1.82, 2.24) is 15.1 Å². The molecule has 1 aromatic rings. The van der Waals surface area contributed by atoms with E-state index in [-0.39, 0.29) is 43.0 Å². The Morgan fingerprint density at radius 1 is 1.00 bits per heavy atom. The number of fused-ring (bicyclic) bond motifs is 3. The molecule has 4 aliphatic rings. The minimum atomic E-state index is -0.836. The number of carbonyl (C=O) groups is 4. The molecule has 2 N–H and O–H groups in total. The van der Waals surface area contributed by atoms with Crippen molar-refractivity contribution in [3.63, 3.8) is 0 Å². The third-order valence-corrected chi connectivity index (χ3v) is 7.06. The van der Waals surface area contributed by atoms with Crippen molar-refractivity contribution in [2.75, 3.05) is 18.4 Å². The molecule has 0 aromatic heterocycles. The van der Waals surface area contributed by atoms with Gasteiger partial charge in [-0.15, -0.1) is 0 Å². The Labute approximate surface area is 192 Å². The molecule has 0 radical (unpaired) electrons. The van der Waals surface area contributed by atoms with Crippen molar-refractivity contribution in [2.45, 2.75) is 69.7 Å². The lowest BCUT2D eigenvalue weighted by Crippen LogP contribution is -2.66. The maximum atomic E-state index is 13.4. The molecular weight excluding hydrogens is 424 g/mol. The van der Waals surface area contributed by atoms with Gasteiger partial charge < -0.3 is 20.3 Å². The van der Waals surface area contributed by atoms with E-state index in [0.29, 0.717) is 5.69 Å². The number of imide groups is 1. The molecule has 5 rings (SSSR count). The first-order valence-electron chi connectivity index (χ1n) is 11.8. The molecule has 2 aliphatic carbocycles. The van der Waals surface area contributed by atoms with Crippen molar-refractivity contribution < 1.29 is 23.9 Å². The third-order valence-electron chi connectivity index (χ3n) is 7.06. The fraction of sp³-hybridized carbons (Fsp3) is 0.583. The molecule has 9 nitrogen and oxygen atoms in total. The summed E-state index contributed by atoms with van der Waals surface area (Å²) in [5.74, 6) is -1.16. The number of carbonyl (C=O) groups excluding carboxylic acids is 4. The summed E-state index contributed by atoms with van der Waals surface area (Å²) >= 11 is 0. The van der Waals surface area contributed by atoms with Crippen LogP contribution in [0.1, 0.15) is 44.1 Å². The quantitative estimate of drug-likeness (QED) is 0.682. The van der Waals surface area contributed by atoms with E-state index < -0.39 is 24.1 Å². The van der Waals surface area contributed by atoms with E-state index in [0.717, 1.165) is 49.0 Å². The number of ether oxygens (including phenoxy) is 1. The van der Waals surface area contributed by atoms with E-state index >= 15 is 0 Å². The molecule has 2 heterocycles. The van der Waals surface area contributed by atoms with Crippen LogP contribution < -0.4 is 10.6 Å². The number of hydrogen-bond donors (Lipinski definition) is 2. The van der Waals surface area contributed by atoms with Crippen LogP contribution in [0.5, 0.6) is 0 Å². The number of nitrogens with one attached hydrogen (secondary N) is 2. The lowest BCUT2D eigenvalue weighted by molar-refractivity contribution is -0.149. The first kappa shape index (κ1) is 21.9. The lowest BCUT2D eigenvalue weighted by atomic mass is 9.81. The van der Waals surface area contributed by atoms with Crippen molar-refractivity contribution in [2.24, 2.45) is 5.92 Å². The average molecular weight is 455 g/mol. The van der Waals surface area contributed by atoms with Gasteiger partial charge in [-0.2, -0.15) is 0 Å². The number of nitrogens with zero attached hydrogens (tertiary/aromatic N) is 2. The standard InChI is InChI=1S/C24H30N4O5/c1-14-6-8-15(9-7-14)25-19(29)12-27-21-17-4-2-3-5-18(17)33-22(21)23(31)28(24(27)32)13-20(30)26-16-10-11-16/h6-9,16-18,21-22H,2-5,10-13H2,1H3,(H,25,29)(H,26,30). The maximum absolute atomic E-state index is 13.4. The van der Waals surface area contributed by atoms with Gasteiger partial charge in [-0.1, -0.05) is 30.5 Å². The van der Waals surface area contributed by atoms with Gasteiger partial charge in [0.2, 0.25) is 11.8 Å². The van der Waals surface area contributed by atoms with Crippen LogP contribution >= 0.6 is 0 Å². The maximum Gasteiger partial charge on any atom is 0.328 e. The number of rotatable bonds is 6. The highest BCUT2D eigenvalue weighted by Gasteiger charge is 2.57. The molecule has 33 heavy (non-hydrogen) atoms. The molecule has 1 aromatic carbocycles. The Hall–Kier alpha value is -2.94. The summed E-state index contributed by atoms with van der Waals surface area (Å²) < 4.78 is 6.13. The van der Waals surface area contributed by atoms with E-state index in [1.165, 1.54) is 4.90 Å². The smallest absolute Gasteiger partial charge is 0.328 e. The Kier molecular flexibility index (Phi) is 5.82. The van der Waals surface area contributed by atoms with E-state index in [1.807, 2.05) is 31.2 Å². The molecule has 4 fully saturated rings. The zero-order chi connectivity index (χ0) is 23.1. The van der Waals surface area contributed by atoms with Crippen LogP contribution in [0.15, 0.2) is 24.3 Å². The average Bonchev–Trinajstić information content (AvgIpc) is 3.52. The second-order valence-electron chi connectivity index (χ2n) is 9.62. The van der Waals surface area contributed by atoms with Gasteiger partial charge in [0.25, 0.3) is 5.91 Å². The molecule has 5 amide bonds. The van der Waals surface area contributed by atoms with Gasteiger partial charge in [-0.25, -0.2) is 4.79 Å². The summed E-state index contributed by atoms with van der Waals surface area (Å²) in [6.45, 7) is 1.41. The Balaban J connectivity index is 1.36. The minimum Gasteiger partial charge on any atom is -0.363 e. The van der Waals surface area contributed by atoms with Crippen LogP contribution in [0.2, 0.25) is 0 Å². The molecule has 0 bridgehead atoms. The highest BCUT2D eigenvalue weighted by molar-refractivity contribution is 6.04. The second kappa shape index (κ2) is 8.78. The third kappa shape index (κ3) is 4.46. The number of amides is 5. The van der Waals surface area contributed by atoms with Crippen molar-refractivity contribution in [1.29, 1.82) is 0 Å². The fourth-order valence-corrected chi connectivity index (χ4v) is 5.26. The lowest BCUT2D eigenvalue weighted by Gasteiger charge is -2.42. The Morgan fingerprint density at radius 2 is 1.73 bits per heavy atom. The molecule has 2 saturated carbocycles. The number of anilines is 1. The van der Waals surface area contributed by atoms with Crippen LogP contribution in [-0.2, 0) is 19.1 Å². The summed E-state index contributed by atoms with van der Waals surface area (Å²) in [5.41, 5.74) is 1.72. The van der Waals surface area contributed by atoms with Crippen LogP contribution in [-0.4, -0.2) is 70.9 Å². The van der Waals surface area contributed by atoms with E-state index in [1.54, 1.807) is 0 Å². The largest absolute Gasteiger partial charge is 0.363 e. The summed E-state index contributed by atoms with van der Waals surface area (Å²) in [6, 6.07) is 6.46. The monoisotopic (exact) mass is 454 g/mol. The summed E-state index contributed by atoms with van der Waals surface area (Å²) in [4.78, 5) is 54.4. The number of benzene rings is 1. The van der Waals surface area contributed by atoms with Crippen molar-refractivity contribution in [3.8, 4) is 0 Å². The van der Waals surface area contributed by atoms with Crippen LogP contribution in [0.25, 0.3) is 0 Å². The molecule has 176 valence electrons. The predicted molar refractivity (Wildman–Crippen MR) is 119 cm³/mol. The van der Waals surface area contributed by atoms with E-state index in [2.05, 4.69) is 10.6 Å². The topological polar surface area (TPSA) is 108 Å². The summed E-state index contributed by atoms with van der Waals surface area (Å²) in [6.07, 6.45) is 4.60. The summed E-state index contributed by atoms with van der Waals surface area (Å²) in [5, 5.41) is 5.65. The zero-order valence-corrected chi connectivity index (χ0v) is 18.8. The Morgan fingerprint density at radius 3 is 2.45 bits per heavy atom. The fourth-order valence-electron chi connectivity index (χ4n) is 5.26.